The molecule has 0 aliphatic carbocycles. The van der Waals surface area contributed by atoms with E-state index in [4.69, 9.17) is 23.2 Å². The van der Waals surface area contributed by atoms with E-state index in [1.807, 2.05) is 64.6 Å². The molecule has 2 aromatic carbocycles. The Labute approximate surface area is 232 Å². The zero-order valence-corrected chi connectivity index (χ0v) is 23.6. The number of rotatable bonds is 8. The lowest BCUT2D eigenvalue weighted by molar-refractivity contribution is -0.141. The minimum Gasteiger partial charge on any atom is -0.339 e. The van der Waals surface area contributed by atoms with Crippen molar-refractivity contribution in [1.29, 1.82) is 0 Å². The molecule has 0 radical (unpaired) electrons. The van der Waals surface area contributed by atoms with Crippen LogP contribution in [0.25, 0.3) is 17.1 Å². The van der Waals surface area contributed by atoms with Gasteiger partial charge in [0.1, 0.15) is 0 Å². The first-order valence-corrected chi connectivity index (χ1v) is 14.1. The largest absolute Gasteiger partial charge is 0.339 e. The number of unbranched alkanes of at least 4 members (excludes halogenated alkanes) is 1. The van der Waals surface area contributed by atoms with Crippen molar-refractivity contribution in [1.82, 2.24) is 24.6 Å². The first kappa shape index (κ1) is 27.5. The molecular formula is C27H31Cl2N5O2S. The van der Waals surface area contributed by atoms with Crippen molar-refractivity contribution in [3.05, 3.63) is 58.1 Å². The van der Waals surface area contributed by atoms with Gasteiger partial charge in [-0.15, -0.1) is 10.2 Å². The molecule has 1 atom stereocenters. The van der Waals surface area contributed by atoms with Crippen molar-refractivity contribution < 1.29 is 9.59 Å². The summed E-state index contributed by atoms with van der Waals surface area (Å²) < 4.78 is 2.00. The van der Waals surface area contributed by atoms with Crippen LogP contribution in [0.4, 0.5) is 0 Å². The fourth-order valence-electron chi connectivity index (χ4n) is 4.46. The number of aromatic nitrogens is 3. The number of hydrogen-bond acceptors (Lipinski definition) is 5. The van der Waals surface area contributed by atoms with Crippen LogP contribution in [0.15, 0.2) is 47.6 Å². The monoisotopic (exact) mass is 559 g/mol. The van der Waals surface area contributed by atoms with E-state index in [1.54, 1.807) is 24.8 Å². The molecule has 4 rings (SSSR count). The van der Waals surface area contributed by atoms with Crippen LogP contribution in [0.3, 0.4) is 0 Å². The Morgan fingerprint density at radius 2 is 1.78 bits per heavy atom. The summed E-state index contributed by atoms with van der Waals surface area (Å²) in [6.45, 7) is 7.43. The number of halogens is 2. The van der Waals surface area contributed by atoms with E-state index < -0.39 is 0 Å². The van der Waals surface area contributed by atoms with Gasteiger partial charge in [0.25, 0.3) is 0 Å². The summed E-state index contributed by atoms with van der Waals surface area (Å²) in [7, 11) is 0. The molecule has 0 bridgehead atoms. The van der Waals surface area contributed by atoms with Gasteiger partial charge in [0.05, 0.1) is 15.7 Å². The lowest BCUT2D eigenvalue weighted by atomic mass is 10.1. The number of aryl methyl sites for hydroxylation is 1. The highest BCUT2D eigenvalue weighted by molar-refractivity contribution is 7.99. The highest BCUT2D eigenvalue weighted by atomic mass is 35.5. The molecule has 1 aliphatic rings. The summed E-state index contributed by atoms with van der Waals surface area (Å²) in [4.78, 5) is 28.1. The van der Waals surface area contributed by atoms with Crippen molar-refractivity contribution in [2.75, 3.05) is 25.4 Å². The highest BCUT2D eigenvalue weighted by Crippen LogP contribution is 2.32. The van der Waals surface area contributed by atoms with Gasteiger partial charge in [0, 0.05) is 50.3 Å². The van der Waals surface area contributed by atoms with Gasteiger partial charge < -0.3 is 9.80 Å². The first-order valence-electron chi connectivity index (χ1n) is 12.4. The number of carbonyl (C=O) groups excluding carboxylic acids is 2. The van der Waals surface area contributed by atoms with Gasteiger partial charge in [0.15, 0.2) is 11.0 Å². The molecule has 0 saturated carbocycles. The topological polar surface area (TPSA) is 71.3 Å². The summed E-state index contributed by atoms with van der Waals surface area (Å²) in [5.74, 6) is 1.75. The minimum atomic E-state index is 0.0567. The van der Waals surface area contributed by atoms with Gasteiger partial charge >= 0.3 is 0 Å². The molecular weight excluding hydrogens is 529 g/mol. The van der Waals surface area contributed by atoms with Crippen molar-refractivity contribution >= 4 is 46.8 Å². The lowest BCUT2D eigenvalue weighted by Gasteiger charge is -2.39. The van der Waals surface area contributed by atoms with E-state index in [-0.39, 0.29) is 17.9 Å². The normalized spacial score (nSPS) is 15.8. The second-order valence-electron chi connectivity index (χ2n) is 9.31. The lowest BCUT2D eigenvalue weighted by Crippen LogP contribution is -2.54. The molecule has 1 unspecified atom stereocenters. The van der Waals surface area contributed by atoms with E-state index in [9.17, 15) is 9.59 Å². The zero-order valence-electron chi connectivity index (χ0n) is 21.3. The summed E-state index contributed by atoms with van der Waals surface area (Å²) >= 11 is 14.1. The number of carbonyl (C=O) groups is 2. The molecule has 1 fully saturated rings. The molecule has 1 aliphatic heterocycles. The van der Waals surface area contributed by atoms with Crippen LogP contribution in [0.2, 0.25) is 10.0 Å². The minimum absolute atomic E-state index is 0.0567. The molecule has 2 amide bonds. The number of thioether (sulfide) groups is 1. The van der Waals surface area contributed by atoms with Crippen LogP contribution in [-0.4, -0.2) is 67.8 Å². The molecule has 1 aromatic heterocycles. The van der Waals surface area contributed by atoms with Crippen LogP contribution < -0.4 is 0 Å². The number of benzene rings is 2. The van der Waals surface area contributed by atoms with Gasteiger partial charge in [-0.2, -0.15) is 0 Å². The van der Waals surface area contributed by atoms with Crippen molar-refractivity contribution in [3.8, 4) is 17.1 Å². The molecule has 1 saturated heterocycles. The fraction of sp³-hybridized carbons (Fsp3) is 0.407. The average molecular weight is 561 g/mol. The van der Waals surface area contributed by atoms with Crippen LogP contribution >= 0.6 is 35.0 Å². The van der Waals surface area contributed by atoms with Gasteiger partial charge in [-0.05, 0) is 44.9 Å². The van der Waals surface area contributed by atoms with Crippen molar-refractivity contribution in [2.45, 2.75) is 51.2 Å². The third kappa shape index (κ3) is 6.67. The van der Waals surface area contributed by atoms with E-state index >= 15 is 0 Å². The van der Waals surface area contributed by atoms with Crippen LogP contribution in [0.5, 0.6) is 0 Å². The molecule has 10 heteroatoms. The Morgan fingerprint density at radius 1 is 1.03 bits per heavy atom. The number of nitrogens with zero attached hydrogens (tertiary/aromatic N) is 5. The maximum Gasteiger partial charge on any atom is 0.222 e. The molecule has 2 heterocycles. The fourth-order valence-corrected chi connectivity index (χ4v) is 5.70. The summed E-state index contributed by atoms with van der Waals surface area (Å²) in [5.41, 5.74) is 2.97. The van der Waals surface area contributed by atoms with Gasteiger partial charge in [-0.25, -0.2) is 0 Å². The van der Waals surface area contributed by atoms with Crippen LogP contribution in [0.1, 0.15) is 38.7 Å². The van der Waals surface area contributed by atoms with Gasteiger partial charge in [0.2, 0.25) is 11.8 Å². The van der Waals surface area contributed by atoms with Gasteiger partial charge in [-0.3, -0.25) is 14.2 Å². The predicted molar refractivity (Wildman–Crippen MR) is 150 cm³/mol. The van der Waals surface area contributed by atoms with Crippen LogP contribution in [-0.2, 0) is 9.59 Å². The van der Waals surface area contributed by atoms with Crippen LogP contribution in [0, 0.1) is 6.92 Å². The number of hydrogen-bond donors (Lipinski definition) is 0. The van der Waals surface area contributed by atoms with Gasteiger partial charge in [-0.1, -0.05) is 64.8 Å². The second-order valence-corrected chi connectivity index (χ2v) is 11.2. The Balaban J connectivity index is 1.38. The van der Waals surface area contributed by atoms with Crippen molar-refractivity contribution in [3.63, 3.8) is 0 Å². The van der Waals surface area contributed by atoms with E-state index in [2.05, 4.69) is 10.2 Å². The highest BCUT2D eigenvalue weighted by Gasteiger charge is 2.27. The Kier molecular flexibility index (Phi) is 9.16. The average Bonchev–Trinajstić information content (AvgIpc) is 3.29. The van der Waals surface area contributed by atoms with E-state index in [0.717, 1.165) is 40.8 Å². The molecule has 0 N–H and O–H groups in total. The SMILES string of the molecule is CC(=O)N1CCN(C(=O)CCCCSc2nnc(-c3ccc(C)cc3)n2-c2ccc(Cl)c(Cl)c2)CC1C. The maximum absolute atomic E-state index is 12.7. The molecule has 0 spiro atoms. The Morgan fingerprint density at radius 3 is 2.46 bits per heavy atom. The molecule has 37 heavy (non-hydrogen) atoms. The molecule has 196 valence electrons. The Hall–Kier alpha value is -2.55. The number of amides is 2. The maximum atomic E-state index is 12.7. The van der Waals surface area contributed by atoms with E-state index in [0.29, 0.717) is 36.1 Å². The summed E-state index contributed by atoms with van der Waals surface area (Å²) in [6.07, 6.45) is 2.16. The molecule has 7 nitrogen and oxygen atoms in total. The van der Waals surface area contributed by atoms with Crippen molar-refractivity contribution in [2.24, 2.45) is 0 Å². The number of piperazine rings is 1. The Bertz CT molecular complexity index is 1260. The quantitative estimate of drug-likeness (QED) is 0.254. The second kappa shape index (κ2) is 12.3. The van der Waals surface area contributed by atoms with E-state index in [1.165, 1.54) is 5.56 Å². The summed E-state index contributed by atoms with van der Waals surface area (Å²) in [6, 6.07) is 13.7. The summed E-state index contributed by atoms with van der Waals surface area (Å²) in [5, 5.41) is 10.7. The standard InChI is InChI=1S/C27H31Cl2N5O2S/c1-18-7-9-21(10-8-18)26-30-31-27(34(26)22-11-12-23(28)24(29)16-22)37-15-5-4-6-25(36)32-13-14-33(20(3)35)19(2)17-32/h7-12,16,19H,4-6,13-15,17H2,1-3H3. The third-order valence-corrected chi connectivity index (χ3v) is 8.26. The molecule has 3 aromatic rings. The third-order valence-electron chi connectivity index (χ3n) is 6.51. The predicted octanol–water partition coefficient (Wildman–Crippen LogP) is 5.89. The smallest absolute Gasteiger partial charge is 0.222 e. The zero-order chi connectivity index (χ0) is 26.5. The first-order chi connectivity index (χ1) is 17.7.